The van der Waals surface area contributed by atoms with Crippen LogP contribution in [-0.2, 0) is 11.2 Å². The number of carbonyl (C=O) groups excluding carboxylic acids is 1. The Kier molecular flexibility index (Phi) is 4.66. The van der Waals surface area contributed by atoms with E-state index in [1.54, 1.807) is 29.8 Å². The maximum absolute atomic E-state index is 12.1. The molecule has 0 aliphatic rings. The van der Waals surface area contributed by atoms with Gasteiger partial charge in [0, 0.05) is 36.5 Å². The minimum atomic E-state index is -0.0507. The molecule has 0 aliphatic carbocycles. The Labute approximate surface area is 154 Å². The van der Waals surface area contributed by atoms with Crippen molar-refractivity contribution in [1.82, 2.24) is 15.0 Å². The second-order valence-electron chi connectivity index (χ2n) is 5.78. The summed E-state index contributed by atoms with van der Waals surface area (Å²) in [4.78, 5) is 25.0. The molecule has 2 aromatic carbocycles. The number of benzene rings is 2. The van der Waals surface area contributed by atoms with E-state index in [-0.39, 0.29) is 5.91 Å². The van der Waals surface area contributed by atoms with Crippen LogP contribution in [0.3, 0.4) is 0 Å². The zero-order valence-corrected chi connectivity index (χ0v) is 14.7. The van der Waals surface area contributed by atoms with Crippen molar-refractivity contribution in [2.24, 2.45) is 0 Å². The second kappa shape index (κ2) is 7.41. The van der Waals surface area contributed by atoms with Gasteiger partial charge in [-0.25, -0.2) is 15.0 Å². The van der Waals surface area contributed by atoms with E-state index in [0.717, 1.165) is 21.8 Å². The Balaban J connectivity index is 1.40. The third kappa shape index (κ3) is 3.75. The van der Waals surface area contributed by atoms with Crippen LogP contribution in [0.1, 0.15) is 12.2 Å². The second-order valence-corrected chi connectivity index (χ2v) is 6.81. The Morgan fingerprint density at radius 2 is 1.73 bits per heavy atom. The first-order valence-electron chi connectivity index (χ1n) is 8.30. The lowest BCUT2D eigenvalue weighted by molar-refractivity contribution is -0.116. The summed E-state index contributed by atoms with van der Waals surface area (Å²) in [5.74, 6) is 0.624. The summed E-state index contributed by atoms with van der Waals surface area (Å²) < 4.78 is 1.17. The van der Waals surface area contributed by atoms with E-state index in [1.165, 1.54) is 4.70 Å². The fourth-order valence-electron chi connectivity index (χ4n) is 2.60. The average Bonchev–Trinajstić information content (AvgIpc) is 3.12. The molecule has 0 fully saturated rings. The third-order valence-corrected chi connectivity index (χ3v) is 4.99. The highest BCUT2D eigenvalue weighted by Crippen LogP contribution is 2.30. The van der Waals surface area contributed by atoms with Crippen molar-refractivity contribution in [2.45, 2.75) is 12.8 Å². The van der Waals surface area contributed by atoms with Crippen LogP contribution in [0.25, 0.3) is 20.8 Å². The van der Waals surface area contributed by atoms with Gasteiger partial charge in [0.05, 0.1) is 10.2 Å². The molecule has 5 nitrogen and oxygen atoms in total. The Morgan fingerprint density at radius 1 is 0.962 bits per heavy atom. The van der Waals surface area contributed by atoms with Gasteiger partial charge in [-0.15, -0.1) is 11.3 Å². The molecule has 4 rings (SSSR count). The molecule has 2 heterocycles. The van der Waals surface area contributed by atoms with Gasteiger partial charge in [0.1, 0.15) is 10.8 Å². The molecule has 26 heavy (non-hydrogen) atoms. The normalized spacial score (nSPS) is 10.8. The summed E-state index contributed by atoms with van der Waals surface area (Å²) >= 11 is 1.66. The summed E-state index contributed by atoms with van der Waals surface area (Å²) in [5.41, 5.74) is 2.82. The van der Waals surface area contributed by atoms with E-state index in [2.05, 4.69) is 26.3 Å². The first kappa shape index (κ1) is 16.4. The smallest absolute Gasteiger partial charge is 0.224 e. The number of aromatic nitrogens is 3. The number of thiazole rings is 1. The SMILES string of the molecule is O=C(CCc1ncccn1)Nc1ccc(-c2nc3ccccc3s2)cc1. The lowest BCUT2D eigenvalue weighted by Crippen LogP contribution is -2.13. The number of carbonyl (C=O) groups is 1. The van der Waals surface area contributed by atoms with Gasteiger partial charge in [0.2, 0.25) is 5.91 Å². The molecule has 128 valence electrons. The predicted molar refractivity (Wildman–Crippen MR) is 104 cm³/mol. The van der Waals surface area contributed by atoms with Crippen molar-refractivity contribution in [2.75, 3.05) is 5.32 Å². The molecule has 0 saturated heterocycles. The molecule has 0 aliphatic heterocycles. The highest BCUT2D eigenvalue weighted by Gasteiger charge is 2.07. The zero-order chi connectivity index (χ0) is 17.8. The van der Waals surface area contributed by atoms with Gasteiger partial charge < -0.3 is 5.32 Å². The first-order chi connectivity index (χ1) is 12.8. The van der Waals surface area contributed by atoms with E-state index in [1.807, 2.05) is 42.5 Å². The summed E-state index contributed by atoms with van der Waals surface area (Å²) in [5, 5.41) is 3.88. The number of anilines is 1. The molecule has 1 N–H and O–H groups in total. The summed E-state index contributed by atoms with van der Waals surface area (Å²) in [6.07, 6.45) is 4.24. The van der Waals surface area contributed by atoms with Crippen molar-refractivity contribution in [3.8, 4) is 10.6 Å². The average molecular weight is 360 g/mol. The van der Waals surface area contributed by atoms with Crippen molar-refractivity contribution >= 4 is 33.1 Å². The van der Waals surface area contributed by atoms with Crippen molar-refractivity contribution < 1.29 is 4.79 Å². The first-order valence-corrected chi connectivity index (χ1v) is 9.11. The molecule has 0 radical (unpaired) electrons. The number of nitrogens with one attached hydrogen (secondary N) is 1. The number of nitrogens with zero attached hydrogens (tertiary/aromatic N) is 3. The number of hydrogen-bond acceptors (Lipinski definition) is 5. The molecule has 0 atom stereocenters. The Bertz CT molecular complexity index is 996. The minimum Gasteiger partial charge on any atom is -0.326 e. The third-order valence-electron chi connectivity index (χ3n) is 3.90. The fourth-order valence-corrected chi connectivity index (χ4v) is 3.57. The Hall–Kier alpha value is -3.12. The van der Waals surface area contributed by atoms with Crippen LogP contribution in [0.5, 0.6) is 0 Å². The summed E-state index contributed by atoms with van der Waals surface area (Å²) in [6.45, 7) is 0. The predicted octanol–water partition coefficient (Wildman–Crippen LogP) is 4.32. The zero-order valence-electron chi connectivity index (χ0n) is 13.9. The molecular formula is C20H16N4OS. The molecule has 6 heteroatoms. The summed E-state index contributed by atoms with van der Waals surface area (Å²) in [7, 11) is 0. The van der Waals surface area contributed by atoms with Gasteiger partial charge in [-0.05, 0) is 42.5 Å². The van der Waals surface area contributed by atoms with Crippen LogP contribution < -0.4 is 5.32 Å². The minimum absolute atomic E-state index is 0.0507. The molecule has 4 aromatic rings. The molecule has 1 amide bonds. The summed E-state index contributed by atoms with van der Waals surface area (Å²) in [6, 6.07) is 17.6. The van der Waals surface area contributed by atoms with Gasteiger partial charge >= 0.3 is 0 Å². The largest absolute Gasteiger partial charge is 0.326 e. The van der Waals surface area contributed by atoms with Crippen LogP contribution in [0.2, 0.25) is 0 Å². The lowest BCUT2D eigenvalue weighted by Gasteiger charge is -2.05. The van der Waals surface area contributed by atoms with Gasteiger partial charge in [0.25, 0.3) is 0 Å². The van der Waals surface area contributed by atoms with Crippen LogP contribution in [-0.4, -0.2) is 20.9 Å². The van der Waals surface area contributed by atoms with Gasteiger partial charge in [-0.2, -0.15) is 0 Å². The van der Waals surface area contributed by atoms with Gasteiger partial charge in [0.15, 0.2) is 0 Å². The number of aryl methyl sites for hydroxylation is 1. The number of fused-ring (bicyclic) bond motifs is 1. The van der Waals surface area contributed by atoms with Crippen LogP contribution in [0.15, 0.2) is 67.0 Å². The molecule has 0 spiro atoms. The van der Waals surface area contributed by atoms with Crippen LogP contribution in [0, 0.1) is 0 Å². The maximum Gasteiger partial charge on any atom is 0.224 e. The lowest BCUT2D eigenvalue weighted by atomic mass is 10.2. The maximum atomic E-state index is 12.1. The topological polar surface area (TPSA) is 67.8 Å². The number of amides is 1. The number of rotatable bonds is 5. The quantitative estimate of drug-likeness (QED) is 0.575. The Morgan fingerprint density at radius 3 is 2.50 bits per heavy atom. The van der Waals surface area contributed by atoms with E-state index >= 15 is 0 Å². The molecule has 0 bridgehead atoms. The van der Waals surface area contributed by atoms with Crippen LogP contribution >= 0.6 is 11.3 Å². The monoisotopic (exact) mass is 360 g/mol. The van der Waals surface area contributed by atoms with Crippen molar-refractivity contribution in [3.63, 3.8) is 0 Å². The standard InChI is InChI=1S/C20H16N4OS/c25-19(11-10-18-21-12-3-13-22-18)23-15-8-6-14(7-9-15)20-24-16-4-1-2-5-17(16)26-20/h1-9,12-13H,10-11H2,(H,23,25). The van der Waals surface area contributed by atoms with Crippen LogP contribution in [0.4, 0.5) is 5.69 Å². The molecular weight excluding hydrogens is 344 g/mol. The van der Waals surface area contributed by atoms with Crippen molar-refractivity contribution in [3.05, 3.63) is 72.8 Å². The van der Waals surface area contributed by atoms with E-state index < -0.39 is 0 Å². The highest BCUT2D eigenvalue weighted by molar-refractivity contribution is 7.21. The van der Waals surface area contributed by atoms with E-state index in [4.69, 9.17) is 0 Å². The van der Waals surface area contributed by atoms with Gasteiger partial charge in [-0.3, -0.25) is 4.79 Å². The van der Waals surface area contributed by atoms with E-state index in [9.17, 15) is 4.79 Å². The van der Waals surface area contributed by atoms with Gasteiger partial charge in [-0.1, -0.05) is 12.1 Å². The number of hydrogen-bond donors (Lipinski definition) is 1. The van der Waals surface area contributed by atoms with E-state index in [0.29, 0.717) is 18.7 Å². The number of para-hydroxylation sites is 1. The molecule has 0 saturated carbocycles. The molecule has 2 aromatic heterocycles. The molecule has 0 unspecified atom stereocenters. The fraction of sp³-hybridized carbons (Fsp3) is 0.100. The van der Waals surface area contributed by atoms with Crippen molar-refractivity contribution in [1.29, 1.82) is 0 Å². The highest BCUT2D eigenvalue weighted by atomic mass is 32.1.